The van der Waals surface area contributed by atoms with E-state index >= 15 is 0 Å². The number of aliphatic carboxylic acids is 1. The van der Waals surface area contributed by atoms with Crippen LogP contribution in [0.4, 0.5) is 19.7 Å². The van der Waals surface area contributed by atoms with Crippen molar-refractivity contribution in [2.45, 2.75) is 71.6 Å². The van der Waals surface area contributed by atoms with E-state index < -0.39 is 53.1 Å². The molecule has 0 unspecified atom stereocenters. The maximum atomic E-state index is 14.0. The fourth-order valence-corrected chi connectivity index (χ4v) is 4.33. The molecule has 0 aliphatic carbocycles. The molecule has 266 valence electrons. The lowest BCUT2D eigenvalue weighted by Crippen LogP contribution is -2.47. The third kappa shape index (κ3) is 13.2. The highest BCUT2D eigenvalue weighted by Gasteiger charge is 2.24. The van der Waals surface area contributed by atoms with Crippen LogP contribution in [0.5, 0.6) is 5.75 Å². The van der Waals surface area contributed by atoms with Gasteiger partial charge in [-0.2, -0.15) is 0 Å². The summed E-state index contributed by atoms with van der Waals surface area (Å²) in [5.41, 5.74) is -0.800. The Morgan fingerprint density at radius 3 is 1.94 bits per heavy atom. The SMILES string of the molecule is CC(C)(C)OC(=O)NC(=Nc1ccc(C(=O)Oc2ccc(CC(=O)N[C@@H](Cc3ccccc3F)C(=O)O)c(Cl)c2)cc1)NC(=O)OC(C)(C)C. The van der Waals surface area contributed by atoms with Gasteiger partial charge in [0.25, 0.3) is 0 Å². The second kappa shape index (κ2) is 16.7. The number of guanidine groups is 1. The van der Waals surface area contributed by atoms with Gasteiger partial charge in [0.15, 0.2) is 0 Å². The molecule has 0 aromatic heterocycles. The average molecular weight is 713 g/mol. The molecule has 0 aliphatic heterocycles. The molecule has 0 heterocycles. The number of alkyl carbamates (subject to hydrolysis) is 2. The molecule has 0 spiro atoms. The van der Waals surface area contributed by atoms with Gasteiger partial charge in [-0.1, -0.05) is 35.9 Å². The van der Waals surface area contributed by atoms with E-state index in [2.05, 4.69) is 20.9 Å². The van der Waals surface area contributed by atoms with E-state index in [9.17, 15) is 33.5 Å². The minimum absolute atomic E-state index is 0.0691. The van der Waals surface area contributed by atoms with Crippen molar-refractivity contribution in [2.75, 3.05) is 0 Å². The minimum Gasteiger partial charge on any atom is -0.480 e. The van der Waals surface area contributed by atoms with Gasteiger partial charge >= 0.3 is 24.1 Å². The lowest BCUT2D eigenvalue weighted by atomic mass is 10.0. The Bertz CT molecular complexity index is 1730. The van der Waals surface area contributed by atoms with Crippen LogP contribution in [0.1, 0.15) is 63.0 Å². The van der Waals surface area contributed by atoms with Crippen LogP contribution in [0, 0.1) is 5.82 Å². The summed E-state index contributed by atoms with van der Waals surface area (Å²) in [7, 11) is 0. The number of hydrogen-bond donors (Lipinski definition) is 4. The highest BCUT2D eigenvalue weighted by molar-refractivity contribution is 6.31. The zero-order valence-electron chi connectivity index (χ0n) is 28.3. The van der Waals surface area contributed by atoms with Crippen LogP contribution in [0.15, 0.2) is 71.7 Å². The zero-order chi connectivity index (χ0) is 37.2. The fourth-order valence-electron chi connectivity index (χ4n) is 4.09. The molecular formula is C35H38ClFN4O9. The molecule has 3 rings (SSSR count). The number of carbonyl (C=O) groups is 5. The zero-order valence-corrected chi connectivity index (χ0v) is 29.0. The Labute approximate surface area is 293 Å². The molecule has 3 aromatic rings. The van der Waals surface area contributed by atoms with Gasteiger partial charge in [-0.25, -0.2) is 28.6 Å². The monoisotopic (exact) mass is 712 g/mol. The van der Waals surface area contributed by atoms with Crippen molar-refractivity contribution in [3.8, 4) is 5.75 Å². The predicted molar refractivity (Wildman–Crippen MR) is 182 cm³/mol. The Morgan fingerprint density at radius 1 is 0.840 bits per heavy atom. The quantitative estimate of drug-likeness (QED) is 0.0883. The van der Waals surface area contributed by atoms with Gasteiger partial charge in [0.2, 0.25) is 11.9 Å². The Morgan fingerprint density at radius 2 is 1.42 bits per heavy atom. The Kier molecular flexibility index (Phi) is 13.0. The topological polar surface area (TPSA) is 182 Å². The number of hydrogen-bond acceptors (Lipinski definition) is 9. The third-order valence-corrected chi connectivity index (χ3v) is 6.54. The summed E-state index contributed by atoms with van der Waals surface area (Å²) in [6, 6.07) is 14.2. The molecule has 15 heteroatoms. The number of halogens is 2. The average Bonchev–Trinajstić information content (AvgIpc) is 2.97. The van der Waals surface area contributed by atoms with Crippen LogP contribution in [0.2, 0.25) is 5.02 Å². The number of amides is 3. The normalized spacial score (nSPS) is 11.8. The van der Waals surface area contributed by atoms with Crippen molar-refractivity contribution < 1.29 is 47.7 Å². The third-order valence-electron chi connectivity index (χ3n) is 6.18. The Hall–Kier alpha value is -5.50. The molecule has 13 nitrogen and oxygen atoms in total. The largest absolute Gasteiger partial charge is 0.480 e. The number of aliphatic imine (C=N–C) groups is 1. The number of carboxylic acid groups (broad SMARTS) is 1. The van der Waals surface area contributed by atoms with Gasteiger partial charge in [-0.05, 0) is 95.1 Å². The number of nitrogens with one attached hydrogen (secondary N) is 3. The van der Waals surface area contributed by atoms with Gasteiger partial charge in [0.1, 0.15) is 28.8 Å². The second-order valence-electron chi connectivity index (χ2n) is 12.8. The molecule has 0 saturated carbocycles. The lowest BCUT2D eigenvalue weighted by Gasteiger charge is -2.22. The van der Waals surface area contributed by atoms with E-state index in [1.165, 1.54) is 60.7 Å². The minimum atomic E-state index is -1.37. The summed E-state index contributed by atoms with van der Waals surface area (Å²) in [5.74, 6) is -3.53. The summed E-state index contributed by atoms with van der Waals surface area (Å²) < 4.78 is 29.9. The highest BCUT2D eigenvalue weighted by Crippen LogP contribution is 2.24. The molecular weight excluding hydrogens is 675 g/mol. The van der Waals surface area contributed by atoms with Crippen molar-refractivity contribution in [2.24, 2.45) is 4.99 Å². The van der Waals surface area contributed by atoms with E-state index in [0.717, 1.165) is 0 Å². The first-order valence-electron chi connectivity index (χ1n) is 15.2. The first-order valence-corrected chi connectivity index (χ1v) is 15.6. The second-order valence-corrected chi connectivity index (χ2v) is 13.2. The van der Waals surface area contributed by atoms with Crippen molar-refractivity contribution >= 4 is 53.3 Å². The van der Waals surface area contributed by atoms with Crippen molar-refractivity contribution in [3.63, 3.8) is 0 Å². The van der Waals surface area contributed by atoms with Crippen LogP contribution in [0.3, 0.4) is 0 Å². The predicted octanol–water partition coefficient (Wildman–Crippen LogP) is 6.09. The smallest absolute Gasteiger partial charge is 0.414 e. The first kappa shape index (κ1) is 38.9. The first-order chi connectivity index (χ1) is 23.3. The summed E-state index contributed by atoms with van der Waals surface area (Å²) in [6.45, 7) is 10.0. The summed E-state index contributed by atoms with van der Waals surface area (Å²) in [4.78, 5) is 66.1. The van der Waals surface area contributed by atoms with Gasteiger partial charge in [-0.3, -0.25) is 15.4 Å². The van der Waals surface area contributed by atoms with Crippen molar-refractivity contribution in [1.29, 1.82) is 0 Å². The van der Waals surface area contributed by atoms with Crippen LogP contribution in [-0.4, -0.2) is 58.3 Å². The van der Waals surface area contributed by atoms with E-state index in [-0.39, 0.29) is 46.4 Å². The lowest BCUT2D eigenvalue weighted by molar-refractivity contribution is -0.141. The molecule has 0 bridgehead atoms. The number of esters is 1. The number of rotatable bonds is 9. The molecule has 3 aromatic carbocycles. The van der Waals surface area contributed by atoms with Crippen molar-refractivity contribution in [3.05, 3.63) is 94.3 Å². The number of benzene rings is 3. The summed E-state index contributed by atoms with van der Waals surface area (Å²) in [6.07, 6.45) is -2.29. The molecule has 0 aliphatic rings. The number of carbonyl (C=O) groups excluding carboxylic acids is 4. The molecule has 0 saturated heterocycles. The van der Waals surface area contributed by atoms with Gasteiger partial charge < -0.3 is 24.6 Å². The van der Waals surface area contributed by atoms with Crippen LogP contribution in [-0.2, 0) is 31.9 Å². The summed E-state index contributed by atoms with van der Waals surface area (Å²) >= 11 is 6.33. The van der Waals surface area contributed by atoms with E-state index in [1.54, 1.807) is 47.6 Å². The van der Waals surface area contributed by atoms with Gasteiger partial charge in [0.05, 0.1) is 17.7 Å². The van der Waals surface area contributed by atoms with Crippen LogP contribution in [0.25, 0.3) is 0 Å². The molecule has 1 atom stereocenters. The van der Waals surface area contributed by atoms with E-state index in [1.807, 2.05) is 0 Å². The van der Waals surface area contributed by atoms with Crippen molar-refractivity contribution in [1.82, 2.24) is 16.0 Å². The molecule has 3 amide bonds. The maximum absolute atomic E-state index is 14.0. The highest BCUT2D eigenvalue weighted by atomic mass is 35.5. The van der Waals surface area contributed by atoms with E-state index in [0.29, 0.717) is 5.56 Å². The molecule has 0 fully saturated rings. The maximum Gasteiger partial charge on any atom is 0.414 e. The molecule has 50 heavy (non-hydrogen) atoms. The number of ether oxygens (including phenoxy) is 3. The number of nitrogens with zero attached hydrogens (tertiary/aromatic N) is 1. The number of carboxylic acids is 1. The van der Waals surface area contributed by atoms with Gasteiger partial charge in [-0.15, -0.1) is 0 Å². The standard InChI is InChI=1S/C35H38ClFN4O9/c1-34(2,3)49-32(46)40-31(41-33(47)50-35(4,5)6)38-23-14-11-20(12-15-23)30(45)48-24-16-13-21(25(36)19-24)18-28(42)39-27(29(43)44)17-22-9-7-8-10-26(22)37/h7-16,19,27H,17-18H2,1-6H3,(H,39,42)(H,43,44)(H2,38,40,41,46,47)/t27-/m0/s1. The molecule has 4 N–H and O–H groups in total. The molecule has 0 radical (unpaired) electrons. The van der Waals surface area contributed by atoms with Gasteiger partial charge in [0, 0.05) is 11.4 Å². The van der Waals surface area contributed by atoms with E-state index in [4.69, 9.17) is 25.8 Å². The van der Waals surface area contributed by atoms with Crippen LogP contribution >= 0.6 is 11.6 Å². The Balaban J connectivity index is 1.66. The van der Waals surface area contributed by atoms with Crippen LogP contribution < -0.4 is 20.7 Å². The summed E-state index contributed by atoms with van der Waals surface area (Å²) in [5, 5.41) is 16.7. The fraction of sp³-hybridized carbons (Fsp3) is 0.314.